The molecule has 0 spiro atoms. The van der Waals surface area contributed by atoms with Gasteiger partial charge in [0.25, 0.3) is 0 Å². The van der Waals surface area contributed by atoms with Gasteiger partial charge in [-0.25, -0.2) is 14.4 Å². The Morgan fingerprint density at radius 2 is 0.623 bits per heavy atom. The maximum absolute atomic E-state index is 12.2. The molecule has 5 aliphatic carbocycles. The average molecular weight is 1900 g/mol. The van der Waals surface area contributed by atoms with Crippen LogP contribution in [0.5, 0.6) is 0 Å². The van der Waals surface area contributed by atoms with Gasteiger partial charge in [-0.05, 0) is 386 Å². The van der Waals surface area contributed by atoms with Crippen molar-refractivity contribution in [3.63, 3.8) is 0 Å². The molecular weight excluding hydrogens is 1710 g/mol. The van der Waals surface area contributed by atoms with Crippen molar-refractivity contribution in [1.29, 1.82) is 0 Å². The molecule has 5 atom stereocenters. The summed E-state index contributed by atoms with van der Waals surface area (Å²) in [4.78, 5) is 37.4. The zero-order valence-corrected chi connectivity index (χ0v) is 90.4. The van der Waals surface area contributed by atoms with Crippen LogP contribution in [0.15, 0.2) is 207 Å². The van der Waals surface area contributed by atoms with Gasteiger partial charge >= 0.3 is 18.3 Å². The third-order valence-electron chi connectivity index (χ3n) is 27.2. The highest BCUT2D eigenvalue weighted by Crippen LogP contribution is 2.47. The van der Waals surface area contributed by atoms with E-state index in [4.69, 9.17) is 38.9 Å². The molecule has 0 heterocycles. The van der Waals surface area contributed by atoms with Gasteiger partial charge in [-0.15, -0.1) is 0 Å². The van der Waals surface area contributed by atoms with Crippen molar-refractivity contribution in [2.24, 2.45) is 32.8 Å². The lowest BCUT2D eigenvalue weighted by atomic mass is 9.72. The molecule has 3 amide bonds. The molecule has 5 aromatic carbocycles. The molecule has 0 saturated carbocycles. The molecule has 16 heteroatoms. The molecule has 10 rings (SSSR count). The summed E-state index contributed by atoms with van der Waals surface area (Å²) in [5, 5.41) is 19.2. The Bertz CT molecular complexity index is 4970. The molecule has 138 heavy (non-hydrogen) atoms. The molecule has 0 aromatic heterocycles. The molecule has 0 radical (unpaired) electrons. The first kappa shape index (κ1) is 120. The second-order valence-corrected chi connectivity index (χ2v) is 44.7. The Kier molecular flexibility index (Phi) is 49.0. The third kappa shape index (κ3) is 40.9. The Morgan fingerprint density at radius 3 is 0.877 bits per heavy atom. The quantitative estimate of drug-likeness (QED) is 0.0249. The number of methoxy groups -OCH3 is 4. The minimum atomic E-state index is -0.634. The van der Waals surface area contributed by atoms with E-state index in [9.17, 15) is 19.5 Å². The van der Waals surface area contributed by atoms with Gasteiger partial charge in [-0.2, -0.15) is 0 Å². The summed E-state index contributed by atoms with van der Waals surface area (Å²) in [6, 6.07) is 42.2. The first-order valence-electron chi connectivity index (χ1n) is 50.8. The highest BCUT2D eigenvalue weighted by atomic mass is 16.6. The van der Waals surface area contributed by atoms with Crippen LogP contribution in [0.2, 0.25) is 0 Å². The molecule has 5 unspecified atom stereocenters. The maximum Gasteiger partial charge on any atom is 0.410 e. The van der Waals surface area contributed by atoms with Gasteiger partial charge in [0.1, 0.15) is 16.8 Å². The number of carbonyl (C=O) groups excluding carboxylic acids is 3. The fourth-order valence-electron chi connectivity index (χ4n) is 19.5. The number of alkyl carbamates (subject to hydrolysis) is 2. The van der Waals surface area contributed by atoms with Crippen LogP contribution in [0, 0.1) is 27.1 Å². The predicted octanol–water partition coefficient (Wildman–Crippen LogP) is 31.6. The van der Waals surface area contributed by atoms with E-state index in [0.29, 0.717) is 45.4 Å². The van der Waals surface area contributed by atoms with Crippen molar-refractivity contribution >= 4 is 48.7 Å². The number of carbonyl (C=O) groups is 3. The van der Waals surface area contributed by atoms with Crippen molar-refractivity contribution in [3.8, 4) is 0 Å². The SMILES string of the molecule is C.CC1=C(/C=C/c2cccc(C(O)CCNC(=O)OC(C)(C)C)c2)C(C)(C)CCC1.CNCCC(OC)c1cccc(/C=C/C2=C(C)CCCC2(C)C)c1.COC(CCN(C)C(=O)OC(C)(C)C)c1cccc(/C=C/C2=C(C)CCCC2(C)C)c1.COC(CCN)c1cccc(/C=C/C2=C(C)CCCC2(C)C)c1.COC(CCNC(=O)OC(C)(C)C)c1cccc(/C=C/C2=C(C)CCCC2(C)C)c1. The lowest BCUT2D eigenvalue weighted by Gasteiger charge is -2.33. The lowest BCUT2D eigenvalue weighted by Crippen LogP contribution is -2.35. The fraction of sp³-hybridized carbons (Fsp3) is 0.566. The normalized spacial score (nSPS) is 18.2. The number of nitrogens with two attached hydrogens (primary N) is 1. The topological polar surface area (TPSA) is 201 Å². The second-order valence-electron chi connectivity index (χ2n) is 44.7. The van der Waals surface area contributed by atoms with Gasteiger partial charge in [0.05, 0.1) is 30.5 Å². The largest absolute Gasteiger partial charge is 0.444 e. The summed E-state index contributed by atoms with van der Waals surface area (Å²) in [6.45, 7) is 54.4. The number of benzene rings is 5. The molecule has 0 saturated heterocycles. The summed E-state index contributed by atoms with van der Waals surface area (Å²) in [5.74, 6) is 0. The fourth-order valence-corrected chi connectivity index (χ4v) is 19.5. The summed E-state index contributed by atoms with van der Waals surface area (Å²) in [5.41, 5.74) is 31.8. The van der Waals surface area contributed by atoms with Crippen LogP contribution in [-0.2, 0) is 33.2 Å². The Balaban J connectivity index is 0.000000305. The molecule has 0 bridgehead atoms. The number of nitrogens with one attached hydrogen (secondary N) is 3. The van der Waals surface area contributed by atoms with Gasteiger partial charge < -0.3 is 64.8 Å². The van der Waals surface area contributed by atoms with Crippen LogP contribution >= 0.6 is 0 Å². The number of hydrogen-bond donors (Lipinski definition) is 5. The van der Waals surface area contributed by atoms with Gasteiger partial charge in [0, 0.05) is 55.1 Å². The average Bonchev–Trinajstić information content (AvgIpc) is 0.828. The molecule has 5 aromatic rings. The molecule has 16 nitrogen and oxygen atoms in total. The smallest absolute Gasteiger partial charge is 0.410 e. The van der Waals surface area contributed by atoms with Crippen molar-refractivity contribution < 1.29 is 52.6 Å². The summed E-state index contributed by atoms with van der Waals surface area (Å²) >= 11 is 0. The van der Waals surface area contributed by atoms with Crippen molar-refractivity contribution in [2.75, 3.05) is 75.3 Å². The molecule has 5 aliphatic rings. The monoisotopic (exact) mass is 1900 g/mol. The maximum atomic E-state index is 12.2. The highest BCUT2D eigenvalue weighted by Gasteiger charge is 2.33. The van der Waals surface area contributed by atoms with Gasteiger partial charge in [-0.3, -0.25) is 0 Å². The first-order valence-corrected chi connectivity index (χ1v) is 50.8. The van der Waals surface area contributed by atoms with Crippen LogP contribution in [0.4, 0.5) is 14.4 Å². The molecular formula is C122H185N5O11. The zero-order valence-electron chi connectivity index (χ0n) is 90.4. The summed E-state index contributed by atoms with van der Waals surface area (Å²) < 4.78 is 38.6. The zero-order chi connectivity index (χ0) is 102. The van der Waals surface area contributed by atoms with Gasteiger partial charge in [0.2, 0.25) is 0 Å². The summed E-state index contributed by atoms with van der Waals surface area (Å²) in [6.07, 6.45) is 43.2. The van der Waals surface area contributed by atoms with E-state index in [1.54, 1.807) is 46.0 Å². The van der Waals surface area contributed by atoms with Crippen molar-refractivity contribution in [3.05, 3.63) is 263 Å². The van der Waals surface area contributed by atoms with E-state index >= 15 is 0 Å². The standard InChI is InChI=1S/C27H41NO3.C26H39NO3.C25H37NO3.C22H33NO.C21H31NO.CH4/c1-20-11-10-17-27(5,6)23(20)15-14-21-12-9-13-22(19-21)24(30-8)16-18-28(7)25(29)31-26(2,3)4;1-19-10-9-16-26(5,6)22(19)14-13-20-11-8-12-21(18-20)23(29-7)15-17-27-24(28)30-25(2,3)4;1-18-9-8-15-25(5,6)21(18)13-12-19-10-7-11-20(17-19)22(27)14-16-26-23(28)29-24(2,3)4;1-17-8-7-14-22(2,3)20(17)12-11-18-9-6-10-19(16-18)21(24-5)13-15-23-4;1-16-7-6-13-21(2,3)19(16)11-10-17-8-5-9-18(15-17)20(23-4)12-14-22;/h9,12-15,19,24H,10-11,16-18H2,1-8H3;8,11-14,18,23H,9-10,15-17H2,1-7H3,(H,27,28);7,10-13,17,22,27H,8-9,14-16H2,1-6H3,(H,26,28);6,9-12,16,21,23H,7-8,13-15H2,1-5H3;5,8-11,15,20H,6-7,12-14,22H2,1-4H3;1H4/b15-14+;14-13+;13-12+;12-11+;11-10+;. The summed E-state index contributed by atoms with van der Waals surface area (Å²) in [7, 11) is 10.7. The van der Waals surface area contributed by atoms with Crippen LogP contribution in [-0.4, -0.2) is 120 Å². The van der Waals surface area contributed by atoms with Crippen LogP contribution in [0.25, 0.3) is 30.4 Å². The highest BCUT2D eigenvalue weighted by molar-refractivity contribution is 5.69. The lowest BCUT2D eigenvalue weighted by molar-refractivity contribution is 0.0249. The van der Waals surface area contributed by atoms with E-state index in [1.165, 1.54) is 174 Å². The number of ether oxygens (including phenoxy) is 7. The second kappa shape index (κ2) is 56.6. The third-order valence-corrected chi connectivity index (χ3v) is 27.2. The Hall–Kier alpha value is -8.97. The number of hydrogen-bond acceptors (Lipinski definition) is 13. The van der Waals surface area contributed by atoms with E-state index < -0.39 is 35.1 Å². The van der Waals surface area contributed by atoms with Crippen LogP contribution < -0.4 is 21.7 Å². The molecule has 0 aliphatic heterocycles. The van der Waals surface area contributed by atoms with Crippen LogP contribution in [0.3, 0.4) is 0 Å². The van der Waals surface area contributed by atoms with E-state index in [2.05, 4.69) is 284 Å². The predicted molar refractivity (Wildman–Crippen MR) is 583 cm³/mol. The number of aliphatic hydroxyl groups is 1. The van der Waals surface area contributed by atoms with E-state index in [0.717, 1.165) is 47.2 Å². The number of allylic oxidation sites excluding steroid dienone is 15. The molecule has 6 N–H and O–H groups in total. The minimum Gasteiger partial charge on any atom is -0.444 e. The Labute approximate surface area is 837 Å². The van der Waals surface area contributed by atoms with Gasteiger partial charge in [0.15, 0.2) is 0 Å². The van der Waals surface area contributed by atoms with Crippen molar-refractivity contribution in [1.82, 2.24) is 20.9 Å². The van der Waals surface area contributed by atoms with E-state index in [1.807, 2.05) is 87.6 Å². The first-order chi connectivity index (χ1) is 64.4. The molecule has 0 fully saturated rings. The number of aliphatic hydroxyl groups excluding tert-OH is 1. The minimum absolute atomic E-state index is 0. The number of amides is 3. The number of rotatable bonds is 33. The number of nitrogens with zero attached hydrogens (tertiary/aromatic N) is 1. The molecule has 764 valence electrons. The van der Waals surface area contributed by atoms with E-state index in [-0.39, 0.29) is 65.0 Å². The van der Waals surface area contributed by atoms with Crippen molar-refractivity contribution in [2.45, 2.75) is 349 Å². The van der Waals surface area contributed by atoms with Crippen LogP contribution in [0.1, 0.15) is 388 Å². The van der Waals surface area contributed by atoms with Gasteiger partial charge in [-0.1, -0.05) is 256 Å². The Morgan fingerprint density at radius 1 is 0.377 bits per heavy atom.